The summed E-state index contributed by atoms with van der Waals surface area (Å²) in [4.78, 5) is 33.5. The number of aromatic hydroxyl groups is 1. The topological polar surface area (TPSA) is 124 Å². The van der Waals surface area contributed by atoms with E-state index in [4.69, 9.17) is 5.11 Å². The number of hydrogen-bond acceptors (Lipinski definition) is 5. The lowest BCUT2D eigenvalue weighted by Crippen LogP contribution is -2.10. The van der Waals surface area contributed by atoms with Crippen molar-refractivity contribution in [1.29, 1.82) is 0 Å². The molecular weight excluding hydrogens is 338 g/mol. The molecule has 2 aromatic rings. The number of carboxylic acid groups (broad SMARTS) is 1. The van der Waals surface area contributed by atoms with Crippen LogP contribution in [0, 0.1) is 0 Å². The van der Waals surface area contributed by atoms with Crippen LogP contribution in [0.1, 0.15) is 11.1 Å². The largest absolute Gasteiger partial charge is 0.508 e. The number of amides is 1. The number of carbonyl (C=O) groups is 3. The average Bonchev–Trinajstić information content (AvgIpc) is 2.61. The van der Waals surface area contributed by atoms with Crippen LogP contribution in [-0.2, 0) is 14.4 Å². The molecule has 0 saturated heterocycles. The molecule has 0 bridgehead atoms. The molecule has 0 aliphatic rings. The summed E-state index contributed by atoms with van der Waals surface area (Å²) in [5.41, 5.74) is 1.25. The fourth-order valence-corrected chi connectivity index (χ4v) is 1.97. The van der Waals surface area contributed by atoms with Crippen LogP contribution in [0.3, 0.4) is 0 Å². The molecule has 0 fully saturated rings. The van der Waals surface area contributed by atoms with Crippen molar-refractivity contribution in [3.8, 4) is 5.75 Å². The van der Waals surface area contributed by atoms with E-state index in [1.807, 2.05) is 0 Å². The first-order chi connectivity index (χ1) is 12.3. The number of benzene rings is 2. The summed E-state index contributed by atoms with van der Waals surface area (Å²) in [5, 5.41) is 30.1. The number of anilines is 1. The Hall–Kier alpha value is -3.87. The van der Waals surface area contributed by atoms with E-state index in [2.05, 4.69) is 5.32 Å². The van der Waals surface area contributed by atoms with Gasteiger partial charge in [0, 0.05) is 23.4 Å². The van der Waals surface area contributed by atoms with Crippen molar-refractivity contribution in [2.45, 2.75) is 0 Å². The van der Waals surface area contributed by atoms with Crippen LogP contribution in [0.4, 0.5) is 5.69 Å². The molecule has 0 radical (unpaired) electrons. The molecule has 0 aromatic heterocycles. The molecule has 0 unspecified atom stereocenters. The van der Waals surface area contributed by atoms with E-state index in [1.54, 1.807) is 24.3 Å². The first-order valence-electron chi connectivity index (χ1n) is 7.41. The molecule has 0 saturated carbocycles. The van der Waals surface area contributed by atoms with E-state index in [9.17, 15) is 24.6 Å². The minimum absolute atomic E-state index is 0.123. The molecular formula is C19H15NO6. The monoisotopic (exact) mass is 353 g/mol. The van der Waals surface area contributed by atoms with Crippen LogP contribution < -0.4 is 5.32 Å². The molecule has 7 nitrogen and oxygen atoms in total. The Morgan fingerprint density at radius 2 is 1.65 bits per heavy atom. The number of carbonyl (C=O) groups excluding carboxylic acids is 2. The quantitative estimate of drug-likeness (QED) is 0.359. The molecule has 4 N–H and O–H groups in total. The Morgan fingerprint density at radius 3 is 2.31 bits per heavy atom. The number of nitrogens with one attached hydrogen (secondary N) is 1. The second-order valence-electron chi connectivity index (χ2n) is 5.19. The summed E-state index contributed by atoms with van der Waals surface area (Å²) in [6, 6.07) is 12.2. The van der Waals surface area contributed by atoms with E-state index >= 15 is 0 Å². The summed E-state index contributed by atoms with van der Waals surface area (Å²) in [5.74, 6) is -3.76. The van der Waals surface area contributed by atoms with Crippen molar-refractivity contribution in [2.24, 2.45) is 0 Å². The number of hydrogen-bond donors (Lipinski definition) is 4. The highest BCUT2D eigenvalue weighted by Crippen LogP contribution is 2.17. The maximum Gasteiger partial charge on any atom is 0.376 e. The standard InChI is InChI=1S/C19H15NO6/c21-15-7-4-12(5-8-15)6-9-18(24)20-14-3-1-2-13(10-14)16(22)11-17(23)19(25)26/h1-11,21-22H,(H,20,24)(H,25,26)/b9-6+,16-11?. The Morgan fingerprint density at radius 1 is 0.962 bits per heavy atom. The maximum absolute atomic E-state index is 11.9. The predicted octanol–water partition coefficient (Wildman–Crippen LogP) is 2.60. The zero-order valence-corrected chi connectivity index (χ0v) is 13.4. The molecule has 26 heavy (non-hydrogen) atoms. The lowest BCUT2D eigenvalue weighted by Gasteiger charge is -2.05. The summed E-state index contributed by atoms with van der Waals surface area (Å²) < 4.78 is 0. The van der Waals surface area contributed by atoms with Gasteiger partial charge in [0.2, 0.25) is 5.91 Å². The number of aliphatic carboxylic acids is 1. The lowest BCUT2D eigenvalue weighted by molar-refractivity contribution is -0.146. The third-order valence-corrected chi connectivity index (χ3v) is 3.22. The Balaban J connectivity index is 2.08. The van der Waals surface area contributed by atoms with Crippen LogP contribution in [0.5, 0.6) is 5.75 Å². The van der Waals surface area contributed by atoms with Crippen molar-refractivity contribution in [3.05, 3.63) is 71.8 Å². The Labute approximate surface area is 148 Å². The first kappa shape index (κ1) is 18.5. The summed E-state index contributed by atoms with van der Waals surface area (Å²) in [6.45, 7) is 0. The van der Waals surface area contributed by atoms with Crippen molar-refractivity contribution < 1.29 is 29.7 Å². The first-order valence-corrected chi connectivity index (χ1v) is 7.41. The minimum atomic E-state index is -1.68. The molecule has 0 aliphatic heterocycles. The third-order valence-electron chi connectivity index (χ3n) is 3.22. The van der Waals surface area contributed by atoms with Crippen molar-refractivity contribution in [2.75, 3.05) is 5.32 Å². The van der Waals surface area contributed by atoms with Crippen molar-refractivity contribution >= 4 is 35.2 Å². The zero-order valence-electron chi connectivity index (χ0n) is 13.4. The number of aliphatic hydroxyl groups excluding tert-OH is 1. The fraction of sp³-hybridized carbons (Fsp3) is 0. The summed E-state index contributed by atoms with van der Waals surface area (Å²) in [7, 11) is 0. The van der Waals surface area contributed by atoms with Gasteiger partial charge in [0.1, 0.15) is 11.5 Å². The molecule has 7 heteroatoms. The molecule has 0 aliphatic carbocycles. The molecule has 2 rings (SSSR count). The van der Waals surface area contributed by atoms with Crippen LogP contribution in [0.2, 0.25) is 0 Å². The minimum Gasteiger partial charge on any atom is -0.508 e. The third kappa shape index (κ3) is 5.34. The molecule has 132 valence electrons. The number of rotatable bonds is 6. The molecule has 0 spiro atoms. The van der Waals surface area contributed by atoms with Gasteiger partial charge in [0.25, 0.3) is 5.78 Å². The van der Waals surface area contributed by atoms with E-state index in [1.165, 1.54) is 36.4 Å². The Kier molecular flexibility index (Phi) is 5.89. The van der Waals surface area contributed by atoms with Crippen molar-refractivity contribution in [3.63, 3.8) is 0 Å². The van der Waals surface area contributed by atoms with E-state index in [0.29, 0.717) is 11.8 Å². The predicted molar refractivity (Wildman–Crippen MR) is 95.5 cm³/mol. The van der Waals surface area contributed by atoms with Gasteiger partial charge in [-0.15, -0.1) is 0 Å². The SMILES string of the molecule is O=C(/C=C/c1ccc(O)cc1)Nc1cccc(C(O)=CC(=O)C(=O)O)c1. The number of ketones is 1. The van der Waals surface area contributed by atoms with Gasteiger partial charge in [-0.05, 0) is 35.9 Å². The highest BCUT2D eigenvalue weighted by Gasteiger charge is 2.11. The average molecular weight is 353 g/mol. The van der Waals surface area contributed by atoms with Gasteiger partial charge in [0.05, 0.1) is 0 Å². The van der Waals surface area contributed by atoms with Gasteiger partial charge < -0.3 is 20.6 Å². The van der Waals surface area contributed by atoms with E-state index < -0.39 is 23.4 Å². The summed E-state index contributed by atoms with van der Waals surface area (Å²) in [6.07, 6.45) is 3.44. The maximum atomic E-state index is 11.9. The number of phenols is 1. The number of carboxylic acids is 1. The van der Waals surface area contributed by atoms with Crippen LogP contribution in [0.15, 0.2) is 60.7 Å². The molecule has 0 heterocycles. The van der Waals surface area contributed by atoms with Crippen LogP contribution >= 0.6 is 0 Å². The highest BCUT2D eigenvalue weighted by molar-refractivity contribution is 6.38. The normalized spacial score (nSPS) is 11.3. The van der Waals surface area contributed by atoms with Gasteiger partial charge in [-0.25, -0.2) is 4.79 Å². The summed E-state index contributed by atoms with van der Waals surface area (Å²) >= 11 is 0. The van der Waals surface area contributed by atoms with E-state index in [0.717, 1.165) is 5.56 Å². The van der Waals surface area contributed by atoms with Gasteiger partial charge >= 0.3 is 5.97 Å². The lowest BCUT2D eigenvalue weighted by atomic mass is 10.1. The highest BCUT2D eigenvalue weighted by atomic mass is 16.4. The molecule has 0 atom stereocenters. The van der Waals surface area contributed by atoms with Crippen molar-refractivity contribution in [1.82, 2.24) is 0 Å². The van der Waals surface area contributed by atoms with Gasteiger partial charge in [-0.3, -0.25) is 9.59 Å². The second-order valence-corrected chi connectivity index (χ2v) is 5.19. The fourth-order valence-electron chi connectivity index (χ4n) is 1.97. The number of aliphatic hydroxyl groups is 1. The molecule has 1 amide bonds. The molecule has 2 aromatic carbocycles. The van der Waals surface area contributed by atoms with Gasteiger partial charge in [-0.1, -0.05) is 24.3 Å². The second kappa shape index (κ2) is 8.29. The van der Waals surface area contributed by atoms with E-state index in [-0.39, 0.29) is 11.3 Å². The Bertz CT molecular complexity index is 897. The number of phenolic OH excluding ortho intramolecular Hbond substituents is 1. The van der Waals surface area contributed by atoms with Crippen LogP contribution in [0.25, 0.3) is 11.8 Å². The smallest absolute Gasteiger partial charge is 0.376 e. The van der Waals surface area contributed by atoms with Crippen LogP contribution in [-0.4, -0.2) is 33.0 Å². The van der Waals surface area contributed by atoms with Gasteiger partial charge in [0.15, 0.2) is 0 Å². The zero-order chi connectivity index (χ0) is 19.1. The van der Waals surface area contributed by atoms with Gasteiger partial charge in [-0.2, -0.15) is 0 Å².